The molecule has 2 aromatic heterocycles. The molecule has 3 rings (SSSR count). The number of nitrogens with one attached hydrogen (secondary N) is 1. The molecule has 0 fully saturated rings. The molecule has 9 heteroatoms. The number of fused-ring (bicyclic) bond motifs is 1. The van der Waals surface area contributed by atoms with E-state index in [0.717, 1.165) is 5.01 Å². The molecule has 1 amide bonds. The number of amides is 1. The minimum absolute atomic E-state index is 0.268. The molecule has 2 N–H and O–H groups in total. The maximum absolute atomic E-state index is 12.3. The lowest BCUT2D eigenvalue weighted by atomic mass is 10.0. The van der Waals surface area contributed by atoms with E-state index < -0.39 is 17.8 Å². The maximum Gasteiger partial charge on any atom is 0.304 e. The number of nitrogens with zero attached hydrogens (tertiary/aromatic N) is 5. The van der Waals surface area contributed by atoms with Gasteiger partial charge in [0, 0.05) is 5.71 Å². The molecule has 1 unspecified atom stereocenters. The van der Waals surface area contributed by atoms with Crippen molar-refractivity contribution in [2.24, 2.45) is 11.0 Å². The first-order valence-corrected chi connectivity index (χ1v) is 5.83. The van der Waals surface area contributed by atoms with Gasteiger partial charge >= 0.3 is 5.97 Å². The molecular weight excluding hydrogens is 264 g/mol. The highest BCUT2D eigenvalue weighted by Crippen LogP contribution is 2.27. The number of anilines is 1. The van der Waals surface area contributed by atoms with Crippen molar-refractivity contribution in [1.29, 1.82) is 0 Å². The summed E-state index contributed by atoms with van der Waals surface area (Å²) in [6.45, 7) is 1.62. The quantitative estimate of drug-likeness (QED) is 0.821. The van der Waals surface area contributed by atoms with E-state index in [1.165, 1.54) is 12.7 Å². The first kappa shape index (κ1) is 12.2. The third-order valence-corrected chi connectivity index (χ3v) is 3.05. The minimum Gasteiger partial charge on any atom is -0.481 e. The van der Waals surface area contributed by atoms with Crippen molar-refractivity contribution >= 4 is 34.6 Å². The summed E-state index contributed by atoms with van der Waals surface area (Å²) in [5.74, 6) is -1.96. The third kappa shape index (κ3) is 1.79. The number of carbonyl (C=O) groups is 2. The number of aromatic amines is 1. The van der Waals surface area contributed by atoms with E-state index in [-0.39, 0.29) is 12.2 Å². The molecule has 0 saturated heterocycles. The smallest absolute Gasteiger partial charge is 0.304 e. The second-order valence-electron chi connectivity index (χ2n) is 4.34. The van der Waals surface area contributed by atoms with E-state index in [4.69, 9.17) is 5.11 Å². The summed E-state index contributed by atoms with van der Waals surface area (Å²) < 4.78 is 0. The molecule has 102 valence electrons. The SMILES string of the molecule is CC1=NN(c2ncnc3nc[nH]c23)C(=O)C1CC(=O)O. The molecule has 1 aliphatic heterocycles. The van der Waals surface area contributed by atoms with Gasteiger partial charge in [0.15, 0.2) is 11.5 Å². The normalized spacial score (nSPS) is 18.6. The Hall–Kier alpha value is -2.84. The third-order valence-electron chi connectivity index (χ3n) is 3.05. The van der Waals surface area contributed by atoms with Gasteiger partial charge in [-0.1, -0.05) is 0 Å². The van der Waals surface area contributed by atoms with Crippen LogP contribution in [0.3, 0.4) is 0 Å². The van der Waals surface area contributed by atoms with Crippen LogP contribution in [0.1, 0.15) is 13.3 Å². The predicted molar refractivity (Wildman–Crippen MR) is 68.0 cm³/mol. The second kappa shape index (κ2) is 4.37. The van der Waals surface area contributed by atoms with E-state index in [0.29, 0.717) is 16.9 Å². The fraction of sp³-hybridized carbons (Fsp3) is 0.273. The van der Waals surface area contributed by atoms with Gasteiger partial charge in [-0.15, -0.1) is 0 Å². The van der Waals surface area contributed by atoms with Crippen LogP contribution in [-0.2, 0) is 9.59 Å². The van der Waals surface area contributed by atoms with Crippen LogP contribution in [0.25, 0.3) is 11.2 Å². The van der Waals surface area contributed by atoms with Crippen LogP contribution in [0.15, 0.2) is 17.8 Å². The van der Waals surface area contributed by atoms with E-state index in [9.17, 15) is 9.59 Å². The van der Waals surface area contributed by atoms with E-state index in [1.807, 2.05) is 0 Å². The number of rotatable bonds is 3. The lowest BCUT2D eigenvalue weighted by Gasteiger charge is -2.12. The summed E-state index contributed by atoms with van der Waals surface area (Å²) in [4.78, 5) is 37.9. The fourth-order valence-corrected chi connectivity index (χ4v) is 2.08. The van der Waals surface area contributed by atoms with Gasteiger partial charge in [-0.2, -0.15) is 10.1 Å². The molecule has 0 radical (unpaired) electrons. The number of hydrogen-bond acceptors (Lipinski definition) is 6. The monoisotopic (exact) mass is 274 g/mol. The van der Waals surface area contributed by atoms with Crippen molar-refractivity contribution in [3.63, 3.8) is 0 Å². The van der Waals surface area contributed by atoms with Crippen LogP contribution < -0.4 is 5.01 Å². The van der Waals surface area contributed by atoms with Crippen LogP contribution in [0.5, 0.6) is 0 Å². The van der Waals surface area contributed by atoms with Gasteiger partial charge in [0.05, 0.1) is 18.7 Å². The standard InChI is InChI=1S/C11H10N6O3/c1-5-6(2-7(18)19)11(20)17(16-5)10-8-9(13-3-12-8)14-4-15-10/h3-4,6H,2H2,1H3,(H,18,19)(H,12,13,14,15). The highest BCUT2D eigenvalue weighted by Gasteiger charge is 2.37. The molecule has 1 atom stereocenters. The average Bonchev–Trinajstić information content (AvgIpc) is 2.98. The van der Waals surface area contributed by atoms with Gasteiger partial charge in [-0.05, 0) is 6.92 Å². The Kier molecular flexibility index (Phi) is 2.67. The lowest BCUT2D eigenvalue weighted by Crippen LogP contribution is -2.29. The van der Waals surface area contributed by atoms with Gasteiger partial charge < -0.3 is 10.1 Å². The Bertz CT molecular complexity index is 737. The summed E-state index contributed by atoms with van der Waals surface area (Å²) in [5, 5.41) is 14.0. The summed E-state index contributed by atoms with van der Waals surface area (Å²) >= 11 is 0. The average molecular weight is 274 g/mol. The zero-order valence-electron chi connectivity index (χ0n) is 10.4. The Morgan fingerprint density at radius 3 is 3.00 bits per heavy atom. The Balaban J connectivity index is 2.02. The van der Waals surface area contributed by atoms with Crippen molar-refractivity contribution in [2.45, 2.75) is 13.3 Å². The Morgan fingerprint density at radius 1 is 1.45 bits per heavy atom. The maximum atomic E-state index is 12.3. The van der Waals surface area contributed by atoms with Crippen LogP contribution in [-0.4, -0.2) is 42.6 Å². The number of hydrazone groups is 1. The largest absolute Gasteiger partial charge is 0.481 e. The molecule has 0 saturated carbocycles. The Morgan fingerprint density at radius 2 is 2.25 bits per heavy atom. The number of imidazole rings is 1. The molecule has 0 bridgehead atoms. The van der Waals surface area contributed by atoms with Gasteiger partial charge in [-0.25, -0.2) is 15.0 Å². The van der Waals surface area contributed by atoms with Crippen LogP contribution >= 0.6 is 0 Å². The van der Waals surface area contributed by atoms with Crippen molar-refractivity contribution in [1.82, 2.24) is 19.9 Å². The summed E-state index contributed by atoms with van der Waals surface area (Å²) in [7, 11) is 0. The number of H-pyrrole nitrogens is 1. The van der Waals surface area contributed by atoms with Gasteiger partial charge in [0.1, 0.15) is 11.8 Å². The van der Waals surface area contributed by atoms with Crippen molar-refractivity contribution in [3.05, 3.63) is 12.7 Å². The zero-order valence-corrected chi connectivity index (χ0v) is 10.4. The number of aliphatic carboxylic acids is 1. The lowest BCUT2D eigenvalue weighted by molar-refractivity contribution is -0.139. The van der Waals surface area contributed by atoms with Crippen molar-refractivity contribution < 1.29 is 14.7 Å². The molecule has 0 spiro atoms. The van der Waals surface area contributed by atoms with Gasteiger partial charge in [-0.3, -0.25) is 9.59 Å². The van der Waals surface area contributed by atoms with Crippen LogP contribution in [0, 0.1) is 5.92 Å². The summed E-state index contributed by atoms with van der Waals surface area (Å²) in [6, 6.07) is 0. The van der Waals surface area contributed by atoms with Crippen LogP contribution in [0.4, 0.5) is 5.82 Å². The number of aromatic nitrogens is 4. The molecule has 20 heavy (non-hydrogen) atoms. The first-order valence-electron chi connectivity index (χ1n) is 5.83. The molecule has 1 aliphatic rings. The topological polar surface area (TPSA) is 124 Å². The number of hydrogen-bond donors (Lipinski definition) is 2. The number of carbonyl (C=O) groups excluding carboxylic acids is 1. The van der Waals surface area contributed by atoms with E-state index in [2.05, 4.69) is 25.0 Å². The summed E-state index contributed by atoms with van der Waals surface area (Å²) in [5.41, 5.74) is 1.34. The molecule has 9 nitrogen and oxygen atoms in total. The molecular formula is C11H10N6O3. The van der Waals surface area contributed by atoms with Gasteiger partial charge in [0.2, 0.25) is 0 Å². The molecule has 0 aliphatic carbocycles. The van der Waals surface area contributed by atoms with Crippen molar-refractivity contribution in [3.8, 4) is 0 Å². The molecule has 2 aromatic rings. The zero-order chi connectivity index (χ0) is 14.3. The molecule has 0 aromatic carbocycles. The van der Waals surface area contributed by atoms with E-state index >= 15 is 0 Å². The minimum atomic E-state index is -1.05. The fourth-order valence-electron chi connectivity index (χ4n) is 2.08. The van der Waals surface area contributed by atoms with Crippen LogP contribution in [0.2, 0.25) is 0 Å². The predicted octanol–water partition coefficient (Wildman–Crippen LogP) is 0.166. The second-order valence-corrected chi connectivity index (χ2v) is 4.34. The van der Waals surface area contributed by atoms with Gasteiger partial charge in [0.25, 0.3) is 5.91 Å². The van der Waals surface area contributed by atoms with Crippen molar-refractivity contribution in [2.75, 3.05) is 5.01 Å². The van der Waals surface area contributed by atoms with E-state index in [1.54, 1.807) is 6.92 Å². The molecule has 3 heterocycles. The Labute approximate surface area is 112 Å². The highest BCUT2D eigenvalue weighted by molar-refractivity contribution is 6.17. The number of carboxylic acid groups (broad SMARTS) is 1. The summed E-state index contributed by atoms with van der Waals surface area (Å²) in [6.07, 6.45) is 2.43. The number of carboxylic acids is 1. The first-order chi connectivity index (χ1) is 9.58. The highest BCUT2D eigenvalue weighted by atomic mass is 16.4.